The fourth-order valence-corrected chi connectivity index (χ4v) is 4.08. The molecule has 2 atom stereocenters. The van der Waals surface area contributed by atoms with Crippen molar-refractivity contribution in [3.8, 4) is 0 Å². The largest absolute Gasteiger partial charge is 0.381 e. The molecule has 0 saturated carbocycles. The second kappa shape index (κ2) is 6.22. The van der Waals surface area contributed by atoms with Crippen LogP contribution in [0.1, 0.15) is 12.0 Å². The van der Waals surface area contributed by atoms with E-state index in [-0.39, 0.29) is 5.92 Å². The quantitative estimate of drug-likeness (QED) is 0.923. The van der Waals surface area contributed by atoms with Crippen molar-refractivity contribution < 1.29 is 13.2 Å². The maximum Gasteiger partial charge on any atom is 0.214 e. The minimum atomic E-state index is -3.28. The van der Waals surface area contributed by atoms with E-state index in [9.17, 15) is 8.42 Å². The van der Waals surface area contributed by atoms with Crippen molar-refractivity contribution in [3.63, 3.8) is 0 Å². The topological polar surface area (TPSA) is 55.4 Å². The Morgan fingerprint density at radius 1 is 1.42 bits per heavy atom. The third kappa shape index (κ3) is 3.48. The van der Waals surface area contributed by atoms with Gasteiger partial charge in [0, 0.05) is 17.5 Å². The zero-order valence-electron chi connectivity index (χ0n) is 10.8. The lowest BCUT2D eigenvalue weighted by Crippen LogP contribution is -2.43. The number of nitrogens with one attached hydrogen (secondary N) is 1. The van der Waals surface area contributed by atoms with E-state index in [1.807, 2.05) is 24.3 Å². The van der Waals surface area contributed by atoms with Crippen LogP contribution in [0, 0.1) is 5.92 Å². The van der Waals surface area contributed by atoms with E-state index in [0.717, 1.165) is 5.56 Å². The van der Waals surface area contributed by atoms with E-state index < -0.39 is 15.3 Å². The summed E-state index contributed by atoms with van der Waals surface area (Å²) >= 11 is 6.13. The Morgan fingerprint density at radius 3 is 2.84 bits per heavy atom. The molecular weight excluding hydrogens is 286 g/mol. The summed E-state index contributed by atoms with van der Waals surface area (Å²) in [6.45, 7) is 0.946. The second-order valence-corrected chi connectivity index (χ2v) is 7.22. The lowest BCUT2D eigenvalue weighted by molar-refractivity contribution is 0.0571. The average molecular weight is 304 g/mol. The Labute approximate surface area is 119 Å². The molecule has 6 heteroatoms. The first-order valence-corrected chi connectivity index (χ1v) is 8.20. The lowest BCUT2D eigenvalue weighted by atomic mass is 9.93. The van der Waals surface area contributed by atoms with Crippen molar-refractivity contribution >= 4 is 21.6 Å². The standard InChI is InChI=1S/C13H18ClNO3S/c1-15-19(16,17)13-6-7-18-9-11(13)8-10-4-2-3-5-12(10)14/h2-5,11,13,15H,6-9H2,1H3/t11-,13+/m0/s1. The Balaban J connectivity index is 2.19. The highest BCUT2D eigenvalue weighted by atomic mass is 35.5. The fraction of sp³-hybridized carbons (Fsp3) is 0.538. The number of benzene rings is 1. The van der Waals surface area contributed by atoms with Gasteiger partial charge in [-0.2, -0.15) is 0 Å². The number of rotatable bonds is 4. The van der Waals surface area contributed by atoms with Crippen molar-refractivity contribution in [1.29, 1.82) is 0 Å². The van der Waals surface area contributed by atoms with E-state index in [0.29, 0.717) is 31.1 Å². The predicted octanol–water partition coefficient (Wildman–Crippen LogP) is 1.84. The van der Waals surface area contributed by atoms with Gasteiger partial charge in [-0.15, -0.1) is 0 Å². The number of sulfonamides is 1. The molecule has 1 aromatic rings. The number of halogens is 1. The molecule has 1 N–H and O–H groups in total. The van der Waals surface area contributed by atoms with Crippen LogP contribution in [0.25, 0.3) is 0 Å². The van der Waals surface area contributed by atoms with Crippen LogP contribution in [0.4, 0.5) is 0 Å². The first kappa shape index (κ1) is 14.8. The molecule has 0 bridgehead atoms. The van der Waals surface area contributed by atoms with Crippen LogP contribution in [0.15, 0.2) is 24.3 Å². The molecule has 0 amide bonds. The molecule has 19 heavy (non-hydrogen) atoms. The van der Waals surface area contributed by atoms with E-state index in [4.69, 9.17) is 16.3 Å². The van der Waals surface area contributed by atoms with Crippen LogP contribution < -0.4 is 4.72 Å². The molecule has 0 unspecified atom stereocenters. The van der Waals surface area contributed by atoms with E-state index in [1.54, 1.807) is 0 Å². The van der Waals surface area contributed by atoms with Gasteiger partial charge >= 0.3 is 0 Å². The van der Waals surface area contributed by atoms with Crippen LogP contribution in [0.2, 0.25) is 5.02 Å². The highest BCUT2D eigenvalue weighted by molar-refractivity contribution is 7.90. The molecule has 1 aliphatic rings. The summed E-state index contributed by atoms with van der Waals surface area (Å²) in [7, 11) is -1.82. The second-order valence-electron chi connectivity index (χ2n) is 4.71. The van der Waals surface area contributed by atoms with E-state index in [2.05, 4.69) is 4.72 Å². The van der Waals surface area contributed by atoms with Crippen molar-refractivity contribution in [2.45, 2.75) is 18.1 Å². The highest BCUT2D eigenvalue weighted by Crippen LogP contribution is 2.27. The summed E-state index contributed by atoms with van der Waals surface area (Å²) in [5.41, 5.74) is 0.968. The van der Waals surface area contributed by atoms with E-state index in [1.165, 1.54) is 7.05 Å². The minimum absolute atomic E-state index is 0.0638. The smallest absolute Gasteiger partial charge is 0.214 e. The van der Waals surface area contributed by atoms with Crippen LogP contribution >= 0.6 is 11.6 Å². The van der Waals surface area contributed by atoms with Gasteiger partial charge in [0.05, 0.1) is 11.9 Å². The Bertz CT molecular complexity index is 532. The Hall–Kier alpha value is -0.620. The fourth-order valence-electron chi connectivity index (χ4n) is 2.47. The summed E-state index contributed by atoms with van der Waals surface area (Å²) in [6.07, 6.45) is 1.14. The van der Waals surface area contributed by atoms with Gasteiger partial charge in [0.2, 0.25) is 10.0 Å². The SMILES string of the molecule is CNS(=O)(=O)[C@@H]1CCOC[C@@H]1Cc1ccccc1Cl. The predicted molar refractivity (Wildman–Crippen MR) is 75.8 cm³/mol. The summed E-state index contributed by atoms with van der Waals surface area (Å²) in [6, 6.07) is 7.53. The molecule has 1 heterocycles. The molecular formula is C13H18ClNO3S. The summed E-state index contributed by atoms with van der Waals surface area (Å²) in [5, 5.41) is 0.260. The number of hydrogen-bond acceptors (Lipinski definition) is 3. The van der Waals surface area contributed by atoms with Gasteiger partial charge < -0.3 is 4.74 Å². The van der Waals surface area contributed by atoms with E-state index >= 15 is 0 Å². The number of hydrogen-bond donors (Lipinski definition) is 1. The normalized spacial score (nSPS) is 24.3. The molecule has 106 valence electrons. The van der Waals surface area contributed by atoms with Crippen LogP contribution in [-0.2, 0) is 21.2 Å². The van der Waals surface area contributed by atoms with Crippen LogP contribution in [-0.4, -0.2) is 33.9 Å². The number of ether oxygens (including phenoxy) is 1. The third-order valence-electron chi connectivity index (χ3n) is 3.53. The lowest BCUT2D eigenvalue weighted by Gasteiger charge is -2.31. The van der Waals surface area contributed by atoms with Crippen LogP contribution in [0.5, 0.6) is 0 Å². The minimum Gasteiger partial charge on any atom is -0.381 e. The maximum absolute atomic E-state index is 12.0. The monoisotopic (exact) mass is 303 g/mol. The Kier molecular flexibility index (Phi) is 4.84. The van der Waals surface area contributed by atoms with Gasteiger partial charge in [-0.3, -0.25) is 0 Å². The zero-order chi connectivity index (χ0) is 13.9. The first-order valence-electron chi connectivity index (χ1n) is 6.28. The molecule has 2 rings (SSSR count). The summed E-state index contributed by atoms with van der Waals surface area (Å²) < 4.78 is 31.9. The molecule has 1 saturated heterocycles. The van der Waals surface area contributed by atoms with Gasteiger partial charge in [-0.25, -0.2) is 13.1 Å². The maximum atomic E-state index is 12.0. The molecule has 1 fully saturated rings. The molecule has 0 aliphatic carbocycles. The van der Waals surface area contributed by atoms with Gasteiger partial charge in [0.15, 0.2) is 0 Å². The third-order valence-corrected chi connectivity index (χ3v) is 5.88. The summed E-state index contributed by atoms with van der Waals surface area (Å²) in [4.78, 5) is 0. The van der Waals surface area contributed by atoms with Gasteiger partial charge in [-0.05, 0) is 31.5 Å². The molecule has 1 aliphatic heterocycles. The van der Waals surface area contributed by atoms with Crippen molar-refractivity contribution in [1.82, 2.24) is 4.72 Å². The molecule has 0 aromatic heterocycles. The highest BCUT2D eigenvalue weighted by Gasteiger charge is 2.35. The van der Waals surface area contributed by atoms with Gasteiger partial charge in [-0.1, -0.05) is 29.8 Å². The van der Waals surface area contributed by atoms with Gasteiger partial charge in [0.1, 0.15) is 0 Å². The molecule has 0 radical (unpaired) electrons. The van der Waals surface area contributed by atoms with Crippen molar-refractivity contribution in [3.05, 3.63) is 34.9 Å². The molecule has 1 aromatic carbocycles. The first-order chi connectivity index (χ1) is 9.04. The molecule has 0 spiro atoms. The molecule has 4 nitrogen and oxygen atoms in total. The van der Waals surface area contributed by atoms with Crippen molar-refractivity contribution in [2.75, 3.05) is 20.3 Å². The van der Waals surface area contributed by atoms with Gasteiger partial charge in [0.25, 0.3) is 0 Å². The average Bonchev–Trinajstić information content (AvgIpc) is 2.42. The van der Waals surface area contributed by atoms with Crippen LogP contribution in [0.3, 0.4) is 0 Å². The Morgan fingerprint density at radius 2 is 2.16 bits per heavy atom. The zero-order valence-corrected chi connectivity index (χ0v) is 12.4. The summed E-state index contributed by atoms with van der Waals surface area (Å²) in [5.74, 6) is -0.0638. The van der Waals surface area contributed by atoms with Crippen molar-refractivity contribution in [2.24, 2.45) is 5.92 Å².